The Morgan fingerprint density at radius 2 is 0.632 bits per heavy atom. The zero-order valence-corrected chi connectivity index (χ0v) is 64.8. The summed E-state index contributed by atoms with van der Waals surface area (Å²) >= 11 is 0. The Kier molecular flexibility index (Phi) is 74.0. The fourth-order valence-corrected chi connectivity index (χ4v) is 13.3. The first-order valence-corrected chi connectivity index (χ1v) is 42.9. The highest BCUT2D eigenvalue weighted by molar-refractivity contribution is 7.47. The molecular formula is C86H162N2O6P+. The van der Waals surface area contributed by atoms with Gasteiger partial charge in [-0.3, -0.25) is 13.8 Å². The van der Waals surface area contributed by atoms with E-state index in [9.17, 15) is 19.4 Å². The SMILES string of the molecule is CC/C=C\C/C=C\C/C=C\C/C=C\C/C=C\C/C=C\C/C=C\CCCCCCCCCCCCCCCCCCCCCC(=O)NC(COP(=O)(O)OCC[N+](C)(C)C)C(O)CCCCCCCCCCCCCCCCCCCCCCCCCCCCCCCCCC. The fraction of sp³-hybridized carbons (Fsp3) is 0.826. The van der Waals surface area contributed by atoms with Crippen LogP contribution in [0.15, 0.2) is 85.1 Å². The highest BCUT2D eigenvalue weighted by Gasteiger charge is 2.28. The topological polar surface area (TPSA) is 105 Å². The molecule has 3 N–H and O–H groups in total. The summed E-state index contributed by atoms with van der Waals surface area (Å²) in [6.07, 6.45) is 109. The third-order valence-corrected chi connectivity index (χ3v) is 19.9. The first kappa shape index (κ1) is 92.7. The molecule has 1 amide bonds. The Hall–Kier alpha value is -2.32. The Labute approximate surface area is 592 Å². The van der Waals surface area contributed by atoms with E-state index in [4.69, 9.17) is 9.05 Å². The molecule has 556 valence electrons. The molecule has 0 radical (unpaired) electrons. The normalized spacial score (nSPS) is 13.9. The number of aliphatic hydroxyl groups excluding tert-OH is 1. The first-order chi connectivity index (χ1) is 46.5. The van der Waals surface area contributed by atoms with Crippen LogP contribution in [0.4, 0.5) is 0 Å². The number of aliphatic hydroxyl groups is 1. The van der Waals surface area contributed by atoms with Gasteiger partial charge in [0.1, 0.15) is 13.2 Å². The zero-order valence-electron chi connectivity index (χ0n) is 63.9. The largest absolute Gasteiger partial charge is 0.472 e. The van der Waals surface area contributed by atoms with Crippen molar-refractivity contribution in [1.82, 2.24) is 5.32 Å². The summed E-state index contributed by atoms with van der Waals surface area (Å²) in [5.41, 5.74) is 0. The van der Waals surface area contributed by atoms with E-state index in [0.717, 1.165) is 83.5 Å². The zero-order chi connectivity index (χ0) is 69.0. The predicted octanol–water partition coefficient (Wildman–Crippen LogP) is 27.4. The molecule has 0 aromatic heterocycles. The van der Waals surface area contributed by atoms with E-state index in [2.05, 4.69) is 104 Å². The second-order valence-electron chi connectivity index (χ2n) is 29.5. The molecule has 0 bridgehead atoms. The lowest BCUT2D eigenvalue weighted by molar-refractivity contribution is -0.870. The second-order valence-corrected chi connectivity index (χ2v) is 30.9. The van der Waals surface area contributed by atoms with Crippen molar-refractivity contribution in [3.63, 3.8) is 0 Å². The number of carbonyl (C=O) groups excluding carboxylic acids is 1. The highest BCUT2D eigenvalue weighted by Crippen LogP contribution is 2.43. The molecule has 0 fully saturated rings. The van der Waals surface area contributed by atoms with Crippen LogP contribution in [0, 0.1) is 0 Å². The summed E-state index contributed by atoms with van der Waals surface area (Å²) in [7, 11) is 1.63. The number of amides is 1. The standard InChI is InChI=1S/C86H161N2O6P/c1-6-8-10-12-14-16-18-20-22-24-26-28-30-32-34-36-38-40-41-42-43-44-45-46-47-48-50-52-54-56-58-60-62-64-66-68-70-72-74-76-78-80-86(90)87-84(83-94-95(91,92)93-82-81-88(3,4)5)85(89)79-77-75-73-71-69-67-65-63-61-59-57-55-53-51-49-39-37-35-33-31-29-27-25-23-21-19-17-15-13-11-9-7-2/h8,10,14,16,20,22,26,28,32,34,38,40,42-43,84-85,89H,6-7,9,11-13,15,17-19,21,23-25,27,29-31,33,35-37,39,41,44-83H2,1-5H3,(H-,87,90,91,92)/p+1/b10-8-,16-14-,22-20-,28-26-,34-32-,40-38-,43-42-. The molecule has 95 heavy (non-hydrogen) atoms. The van der Waals surface area contributed by atoms with Crippen molar-refractivity contribution in [3.8, 4) is 0 Å². The van der Waals surface area contributed by atoms with Gasteiger partial charge in [-0.1, -0.05) is 414 Å². The number of carbonyl (C=O) groups is 1. The average molecular weight is 1350 g/mol. The monoisotopic (exact) mass is 1350 g/mol. The molecule has 0 saturated carbocycles. The Morgan fingerprint density at radius 1 is 0.368 bits per heavy atom. The van der Waals surface area contributed by atoms with Crippen LogP contribution in [-0.2, 0) is 18.4 Å². The average Bonchev–Trinajstić information content (AvgIpc) is 2.01. The molecule has 0 aromatic carbocycles. The van der Waals surface area contributed by atoms with Gasteiger partial charge in [-0.25, -0.2) is 4.57 Å². The van der Waals surface area contributed by atoms with Gasteiger partial charge in [0.2, 0.25) is 5.91 Å². The van der Waals surface area contributed by atoms with Crippen molar-refractivity contribution in [2.45, 2.75) is 418 Å². The van der Waals surface area contributed by atoms with E-state index in [1.807, 2.05) is 21.1 Å². The highest BCUT2D eigenvalue weighted by atomic mass is 31.2. The maximum atomic E-state index is 13.1. The minimum atomic E-state index is -4.34. The molecule has 0 aromatic rings. The lowest BCUT2D eigenvalue weighted by Gasteiger charge is -2.26. The quantitative estimate of drug-likeness (QED) is 0.0243. The summed E-state index contributed by atoms with van der Waals surface area (Å²) in [5, 5.41) is 14.2. The van der Waals surface area contributed by atoms with Gasteiger partial charge in [0.05, 0.1) is 39.9 Å². The van der Waals surface area contributed by atoms with Gasteiger partial charge < -0.3 is 19.8 Å². The van der Waals surface area contributed by atoms with Gasteiger partial charge in [0, 0.05) is 6.42 Å². The van der Waals surface area contributed by atoms with Crippen LogP contribution in [0.5, 0.6) is 0 Å². The van der Waals surface area contributed by atoms with Gasteiger partial charge >= 0.3 is 7.82 Å². The molecule has 3 atom stereocenters. The number of unbranched alkanes of at least 4 members (excludes halogenated alkanes) is 50. The van der Waals surface area contributed by atoms with E-state index < -0.39 is 20.0 Å². The molecular weight excluding hydrogens is 1190 g/mol. The lowest BCUT2D eigenvalue weighted by atomic mass is 10.0. The van der Waals surface area contributed by atoms with Crippen LogP contribution >= 0.6 is 7.82 Å². The number of phosphoric acid groups is 1. The summed E-state index contributed by atoms with van der Waals surface area (Å²) in [6.45, 7) is 4.83. The number of nitrogens with one attached hydrogen (secondary N) is 1. The van der Waals surface area contributed by atoms with E-state index >= 15 is 0 Å². The third-order valence-electron chi connectivity index (χ3n) is 18.9. The van der Waals surface area contributed by atoms with E-state index in [1.54, 1.807) is 0 Å². The number of nitrogens with zero attached hydrogens (tertiary/aromatic N) is 1. The van der Waals surface area contributed by atoms with E-state index in [1.165, 1.54) is 295 Å². The number of phosphoric ester groups is 1. The Balaban J connectivity index is 3.92. The molecule has 3 unspecified atom stereocenters. The summed E-state index contributed by atoms with van der Waals surface area (Å²) < 4.78 is 24.0. The molecule has 0 aliphatic rings. The van der Waals surface area contributed by atoms with E-state index in [0.29, 0.717) is 23.9 Å². The number of hydrogen-bond acceptors (Lipinski definition) is 5. The molecule has 0 heterocycles. The molecule has 0 aliphatic carbocycles. The van der Waals surface area contributed by atoms with Gasteiger partial charge in [0.25, 0.3) is 0 Å². The Bertz CT molecular complexity index is 1830. The second kappa shape index (κ2) is 75.9. The van der Waals surface area contributed by atoms with Gasteiger partial charge in [-0.15, -0.1) is 0 Å². The maximum absolute atomic E-state index is 13.1. The third kappa shape index (κ3) is 78.9. The minimum absolute atomic E-state index is 0.0749. The summed E-state index contributed by atoms with van der Waals surface area (Å²) in [4.78, 5) is 23.6. The predicted molar refractivity (Wildman–Crippen MR) is 420 cm³/mol. The van der Waals surface area contributed by atoms with Crippen LogP contribution in [-0.4, -0.2) is 73.4 Å². The number of quaternary nitrogens is 1. The van der Waals surface area contributed by atoms with E-state index in [-0.39, 0.29) is 19.1 Å². The molecule has 8 nitrogen and oxygen atoms in total. The summed E-state index contributed by atoms with van der Waals surface area (Å²) in [6, 6.07) is -0.765. The molecule has 0 saturated heterocycles. The van der Waals surface area contributed by atoms with Crippen molar-refractivity contribution in [2.24, 2.45) is 0 Å². The molecule has 0 aliphatic heterocycles. The van der Waals surface area contributed by atoms with Gasteiger partial charge in [-0.2, -0.15) is 0 Å². The number of rotatable bonds is 77. The van der Waals surface area contributed by atoms with Crippen molar-refractivity contribution in [2.75, 3.05) is 40.9 Å². The minimum Gasteiger partial charge on any atom is -0.391 e. The Morgan fingerprint density at radius 3 is 0.926 bits per heavy atom. The molecule has 9 heteroatoms. The van der Waals surface area contributed by atoms with Crippen LogP contribution < -0.4 is 5.32 Å². The van der Waals surface area contributed by atoms with Crippen LogP contribution in [0.25, 0.3) is 0 Å². The van der Waals surface area contributed by atoms with Gasteiger partial charge in [-0.05, 0) is 70.6 Å². The van der Waals surface area contributed by atoms with Crippen molar-refractivity contribution in [3.05, 3.63) is 85.1 Å². The number of likely N-dealkylation sites (N-methyl/N-ethyl adjacent to an activating group) is 1. The van der Waals surface area contributed by atoms with Crippen molar-refractivity contribution >= 4 is 13.7 Å². The van der Waals surface area contributed by atoms with Crippen LogP contribution in [0.3, 0.4) is 0 Å². The van der Waals surface area contributed by atoms with Gasteiger partial charge in [0.15, 0.2) is 0 Å². The first-order valence-electron chi connectivity index (χ1n) is 41.5. The molecule has 0 spiro atoms. The van der Waals surface area contributed by atoms with Crippen molar-refractivity contribution < 1.29 is 32.9 Å². The number of allylic oxidation sites excluding steroid dienone is 14. The smallest absolute Gasteiger partial charge is 0.391 e. The summed E-state index contributed by atoms with van der Waals surface area (Å²) in [5.74, 6) is -0.138. The van der Waals surface area contributed by atoms with Crippen molar-refractivity contribution in [1.29, 1.82) is 0 Å². The fourth-order valence-electron chi connectivity index (χ4n) is 12.6. The van der Waals surface area contributed by atoms with Crippen LogP contribution in [0.1, 0.15) is 406 Å². The molecule has 0 rings (SSSR count). The lowest BCUT2D eigenvalue weighted by Crippen LogP contribution is -2.46. The maximum Gasteiger partial charge on any atom is 0.472 e. The van der Waals surface area contributed by atoms with Crippen LogP contribution in [0.2, 0.25) is 0 Å². The number of hydrogen-bond donors (Lipinski definition) is 3.